The number of aromatic nitrogens is 1. The van der Waals surface area contributed by atoms with E-state index < -0.39 is 0 Å². The highest BCUT2D eigenvalue weighted by Crippen LogP contribution is 2.24. The van der Waals surface area contributed by atoms with Crippen molar-refractivity contribution in [1.29, 1.82) is 0 Å². The Labute approximate surface area is 131 Å². The van der Waals surface area contributed by atoms with E-state index in [2.05, 4.69) is 26.2 Å². The Hall–Kier alpha value is -0.970. The third-order valence-corrected chi connectivity index (χ3v) is 3.68. The fourth-order valence-corrected chi connectivity index (χ4v) is 2.67. The standard InChI is InChI=1S/C15H15BrClFN2/c1-2-20-15(11-5-12(16)9-19-8-11)7-10-6-13(17)3-4-14(10)18/h3-6,8-9,15,20H,2,7H2,1H3. The zero-order chi connectivity index (χ0) is 14.5. The molecule has 2 aromatic rings. The summed E-state index contributed by atoms with van der Waals surface area (Å²) in [5, 5.41) is 3.90. The molecule has 2 nitrogen and oxygen atoms in total. The molecule has 1 atom stereocenters. The van der Waals surface area contributed by atoms with Crippen LogP contribution in [0.2, 0.25) is 5.02 Å². The lowest BCUT2D eigenvalue weighted by Gasteiger charge is -2.19. The minimum Gasteiger partial charge on any atom is -0.310 e. The summed E-state index contributed by atoms with van der Waals surface area (Å²) in [6, 6.07) is 6.62. The fourth-order valence-electron chi connectivity index (χ4n) is 2.09. The van der Waals surface area contributed by atoms with Crippen LogP contribution in [0.5, 0.6) is 0 Å². The minimum atomic E-state index is -0.236. The number of nitrogens with zero attached hydrogens (tertiary/aromatic N) is 1. The van der Waals surface area contributed by atoms with Crippen molar-refractivity contribution in [3.8, 4) is 0 Å². The number of hydrogen-bond donors (Lipinski definition) is 1. The first-order valence-electron chi connectivity index (χ1n) is 6.38. The van der Waals surface area contributed by atoms with Gasteiger partial charge < -0.3 is 5.32 Å². The summed E-state index contributed by atoms with van der Waals surface area (Å²) in [5.41, 5.74) is 1.61. The van der Waals surface area contributed by atoms with E-state index in [0.717, 1.165) is 16.6 Å². The van der Waals surface area contributed by atoms with Crippen LogP contribution in [0.3, 0.4) is 0 Å². The van der Waals surface area contributed by atoms with Crippen molar-refractivity contribution < 1.29 is 4.39 Å². The molecule has 0 aliphatic carbocycles. The summed E-state index contributed by atoms with van der Waals surface area (Å²) in [7, 11) is 0. The molecule has 0 aliphatic rings. The van der Waals surface area contributed by atoms with Crippen LogP contribution in [0.25, 0.3) is 0 Å². The van der Waals surface area contributed by atoms with Gasteiger partial charge in [0, 0.05) is 27.9 Å². The highest BCUT2D eigenvalue weighted by atomic mass is 79.9. The van der Waals surface area contributed by atoms with Crippen molar-refractivity contribution in [2.24, 2.45) is 0 Å². The van der Waals surface area contributed by atoms with Gasteiger partial charge >= 0.3 is 0 Å². The molecule has 2 rings (SSSR count). The van der Waals surface area contributed by atoms with Gasteiger partial charge in [0.2, 0.25) is 0 Å². The second-order valence-electron chi connectivity index (χ2n) is 4.49. The monoisotopic (exact) mass is 356 g/mol. The summed E-state index contributed by atoms with van der Waals surface area (Å²) < 4.78 is 14.8. The van der Waals surface area contributed by atoms with Gasteiger partial charge in [0.1, 0.15) is 5.82 Å². The third-order valence-electron chi connectivity index (χ3n) is 3.01. The van der Waals surface area contributed by atoms with Gasteiger partial charge in [-0.2, -0.15) is 0 Å². The van der Waals surface area contributed by atoms with Gasteiger partial charge in [-0.3, -0.25) is 4.98 Å². The first-order valence-corrected chi connectivity index (χ1v) is 7.55. The summed E-state index contributed by atoms with van der Waals surface area (Å²) in [6.07, 6.45) is 4.05. The number of pyridine rings is 1. The van der Waals surface area contributed by atoms with Gasteiger partial charge in [-0.15, -0.1) is 0 Å². The first kappa shape index (κ1) is 15.4. The Balaban J connectivity index is 2.27. The molecule has 0 radical (unpaired) electrons. The number of hydrogen-bond acceptors (Lipinski definition) is 2. The SMILES string of the molecule is CCNC(Cc1cc(Cl)ccc1F)c1cncc(Br)c1. The number of halogens is 3. The molecule has 0 amide bonds. The lowest BCUT2D eigenvalue weighted by molar-refractivity contribution is 0.526. The van der Waals surface area contributed by atoms with Crippen LogP contribution in [0.4, 0.5) is 4.39 Å². The Kier molecular flexibility index (Phi) is 5.52. The van der Waals surface area contributed by atoms with E-state index in [1.54, 1.807) is 24.5 Å². The van der Waals surface area contributed by atoms with Crippen molar-refractivity contribution in [2.45, 2.75) is 19.4 Å². The van der Waals surface area contributed by atoms with Crippen LogP contribution in [-0.2, 0) is 6.42 Å². The van der Waals surface area contributed by atoms with E-state index in [0.29, 0.717) is 17.0 Å². The Morgan fingerprint density at radius 3 is 2.85 bits per heavy atom. The summed E-state index contributed by atoms with van der Waals surface area (Å²) in [6.45, 7) is 2.81. The molecule has 1 aromatic carbocycles. The van der Waals surface area contributed by atoms with Gasteiger partial charge in [0.25, 0.3) is 0 Å². The molecule has 5 heteroatoms. The van der Waals surface area contributed by atoms with Crippen molar-refractivity contribution in [3.63, 3.8) is 0 Å². The molecule has 1 heterocycles. The zero-order valence-corrected chi connectivity index (χ0v) is 13.4. The number of likely N-dealkylation sites (N-methyl/N-ethyl adjacent to an activating group) is 1. The Morgan fingerprint density at radius 2 is 2.15 bits per heavy atom. The Bertz CT molecular complexity index is 592. The second-order valence-corrected chi connectivity index (χ2v) is 5.84. The average Bonchev–Trinajstić information content (AvgIpc) is 2.42. The quantitative estimate of drug-likeness (QED) is 0.850. The molecule has 0 saturated carbocycles. The predicted molar refractivity (Wildman–Crippen MR) is 83.5 cm³/mol. The summed E-state index contributed by atoms with van der Waals surface area (Å²) >= 11 is 9.35. The van der Waals surface area contributed by atoms with Crippen LogP contribution in [0, 0.1) is 5.82 Å². The molecular formula is C15H15BrClFN2. The van der Waals surface area contributed by atoms with E-state index in [1.165, 1.54) is 6.07 Å². The number of benzene rings is 1. The molecule has 0 saturated heterocycles. The van der Waals surface area contributed by atoms with Gasteiger partial charge in [-0.25, -0.2) is 4.39 Å². The lowest BCUT2D eigenvalue weighted by Crippen LogP contribution is -2.23. The van der Waals surface area contributed by atoms with Crippen LogP contribution in [-0.4, -0.2) is 11.5 Å². The van der Waals surface area contributed by atoms with E-state index in [-0.39, 0.29) is 11.9 Å². The maximum atomic E-state index is 13.9. The maximum absolute atomic E-state index is 13.9. The minimum absolute atomic E-state index is 0.00188. The van der Waals surface area contributed by atoms with Crippen LogP contribution >= 0.6 is 27.5 Å². The van der Waals surface area contributed by atoms with Gasteiger partial charge in [0.05, 0.1) is 0 Å². The number of rotatable bonds is 5. The largest absolute Gasteiger partial charge is 0.310 e. The first-order chi connectivity index (χ1) is 9.60. The maximum Gasteiger partial charge on any atom is 0.126 e. The Morgan fingerprint density at radius 1 is 1.35 bits per heavy atom. The third kappa shape index (κ3) is 4.01. The average molecular weight is 358 g/mol. The second kappa shape index (κ2) is 7.16. The highest BCUT2D eigenvalue weighted by molar-refractivity contribution is 9.10. The van der Waals surface area contributed by atoms with E-state index in [4.69, 9.17) is 11.6 Å². The smallest absolute Gasteiger partial charge is 0.126 e. The van der Waals surface area contributed by atoms with Gasteiger partial charge in [-0.1, -0.05) is 18.5 Å². The van der Waals surface area contributed by atoms with E-state index in [1.807, 2.05) is 13.0 Å². The zero-order valence-electron chi connectivity index (χ0n) is 11.0. The molecule has 1 N–H and O–H groups in total. The fraction of sp³-hybridized carbons (Fsp3) is 0.267. The molecule has 1 aromatic heterocycles. The van der Waals surface area contributed by atoms with E-state index in [9.17, 15) is 4.39 Å². The van der Waals surface area contributed by atoms with Crippen molar-refractivity contribution >= 4 is 27.5 Å². The molecular weight excluding hydrogens is 343 g/mol. The summed E-state index contributed by atoms with van der Waals surface area (Å²) in [5.74, 6) is -0.236. The molecule has 0 fully saturated rings. The van der Waals surface area contributed by atoms with Gasteiger partial charge in [-0.05, 0) is 64.3 Å². The highest BCUT2D eigenvalue weighted by Gasteiger charge is 2.14. The van der Waals surface area contributed by atoms with Crippen molar-refractivity contribution in [2.75, 3.05) is 6.54 Å². The molecule has 0 aliphatic heterocycles. The molecule has 0 spiro atoms. The number of nitrogens with one attached hydrogen (secondary N) is 1. The van der Waals surface area contributed by atoms with Crippen molar-refractivity contribution in [3.05, 3.63) is 63.1 Å². The lowest BCUT2D eigenvalue weighted by atomic mass is 10.00. The predicted octanol–water partition coefficient (Wildman–Crippen LogP) is 4.53. The van der Waals surface area contributed by atoms with Crippen LogP contribution in [0.15, 0.2) is 41.1 Å². The van der Waals surface area contributed by atoms with E-state index >= 15 is 0 Å². The van der Waals surface area contributed by atoms with Crippen LogP contribution in [0.1, 0.15) is 24.1 Å². The molecule has 0 bridgehead atoms. The molecule has 1 unspecified atom stereocenters. The molecule has 106 valence electrons. The van der Waals surface area contributed by atoms with Gasteiger partial charge in [0.15, 0.2) is 0 Å². The van der Waals surface area contributed by atoms with Crippen LogP contribution < -0.4 is 5.32 Å². The normalized spacial score (nSPS) is 12.4. The summed E-state index contributed by atoms with van der Waals surface area (Å²) in [4.78, 5) is 4.16. The topological polar surface area (TPSA) is 24.9 Å². The van der Waals surface area contributed by atoms with Crippen molar-refractivity contribution in [1.82, 2.24) is 10.3 Å². The molecule has 20 heavy (non-hydrogen) atoms.